The monoisotopic (exact) mass is 300 g/mol. The Bertz CT molecular complexity index is 537. The molecular formula is C13H17FN2O5. The van der Waals surface area contributed by atoms with Gasteiger partial charge in [0.15, 0.2) is 5.75 Å². The quantitative estimate of drug-likeness (QED) is 0.468. The van der Waals surface area contributed by atoms with Crippen LogP contribution in [0.1, 0.15) is 13.3 Å². The molecule has 7 nitrogen and oxygen atoms in total. The molecule has 0 aliphatic heterocycles. The maximum Gasteiger partial charge on any atom is 0.325 e. The van der Waals surface area contributed by atoms with Crippen molar-refractivity contribution in [3.05, 3.63) is 34.1 Å². The lowest BCUT2D eigenvalue weighted by Gasteiger charge is -2.25. The summed E-state index contributed by atoms with van der Waals surface area (Å²) in [6.07, 6.45) is 0.198. The molecule has 0 saturated heterocycles. The third-order valence-corrected chi connectivity index (χ3v) is 3.17. The van der Waals surface area contributed by atoms with Crippen molar-refractivity contribution >= 4 is 11.7 Å². The van der Waals surface area contributed by atoms with Crippen LogP contribution in [0.5, 0.6) is 5.75 Å². The third-order valence-electron chi connectivity index (χ3n) is 3.17. The highest BCUT2D eigenvalue weighted by Crippen LogP contribution is 2.28. The molecule has 1 atom stereocenters. The molecule has 21 heavy (non-hydrogen) atoms. The summed E-state index contributed by atoms with van der Waals surface area (Å²) in [5.74, 6) is -1.30. The number of ether oxygens (including phenoxy) is 2. The van der Waals surface area contributed by atoms with Gasteiger partial charge in [0.05, 0.1) is 18.6 Å². The number of benzene rings is 1. The number of halogens is 1. The van der Waals surface area contributed by atoms with E-state index in [1.165, 1.54) is 7.11 Å². The summed E-state index contributed by atoms with van der Waals surface area (Å²) in [6.45, 7) is 1.60. The summed E-state index contributed by atoms with van der Waals surface area (Å²) in [5, 5.41) is 13.6. The highest BCUT2D eigenvalue weighted by atomic mass is 19.1. The van der Waals surface area contributed by atoms with Gasteiger partial charge in [0, 0.05) is 18.6 Å². The first kappa shape index (κ1) is 16.8. The van der Waals surface area contributed by atoms with Gasteiger partial charge in [0.1, 0.15) is 11.4 Å². The highest BCUT2D eigenvalue weighted by molar-refractivity contribution is 5.80. The smallest absolute Gasteiger partial charge is 0.325 e. The van der Waals surface area contributed by atoms with Crippen LogP contribution in [0, 0.1) is 15.9 Å². The molecule has 8 heteroatoms. The Morgan fingerprint density at radius 3 is 2.71 bits per heavy atom. The molecular weight excluding hydrogens is 283 g/mol. The van der Waals surface area contributed by atoms with E-state index in [9.17, 15) is 19.3 Å². The summed E-state index contributed by atoms with van der Waals surface area (Å²) in [7, 11) is 2.84. The standard InChI is InChI=1S/C13H17FN2O5/c1-13(15-2,12(17)20-3)6-7-21-11-8-9(14)4-5-10(11)16(18)19/h4-5,8,15H,6-7H2,1-3H3. The number of nitro benzene ring substituents is 1. The van der Waals surface area contributed by atoms with Gasteiger partial charge in [-0.3, -0.25) is 14.9 Å². The summed E-state index contributed by atoms with van der Waals surface area (Å²) < 4.78 is 23.0. The Morgan fingerprint density at radius 1 is 1.52 bits per heavy atom. The van der Waals surface area contributed by atoms with E-state index < -0.39 is 22.2 Å². The minimum Gasteiger partial charge on any atom is -0.487 e. The molecule has 0 fully saturated rings. The number of carbonyl (C=O) groups excluding carboxylic acids is 1. The van der Waals surface area contributed by atoms with Gasteiger partial charge in [-0.2, -0.15) is 0 Å². The average Bonchev–Trinajstić information content (AvgIpc) is 2.45. The fourth-order valence-corrected chi connectivity index (χ4v) is 1.67. The Kier molecular flexibility index (Phi) is 5.60. The van der Waals surface area contributed by atoms with E-state index in [0.717, 1.165) is 18.2 Å². The van der Waals surface area contributed by atoms with Crippen molar-refractivity contribution in [2.45, 2.75) is 18.9 Å². The zero-order valence-electron chi connectivity index (χ0n) is 12.0. The molecule has 1 aromatic rings. The van der Waals surface area contributed by atoms with E-state index in [2.05, 4.69) is 10.1 Å². The summed E-state index contributed by atoms with van der Waals surface area (Å²) >= 11 is 0. The van der Waals surface area contributed by atoms with Crippen LogP contribution in [-0.2, 0) is 9.53 Å². The molecule has 0 saturated carbocycles. The number of nitrogens with zero attached hydrogens (tertiary/aromatic N) is 1. The Morgan fingerprint density at radius 2 is 2.19 bits per heavy atom. The van der Waals surface area contributed by atoms with Gasteiger partial charge in [-0.05, 0) is 20.0 Å². The largest absolute Gasteiger partial charge is 0.487 e. The summed E-state index contributed by atoms with van der Waals surface area (Å²) in [5.41, 5.74) is -1.32. The number of hydrogen-bond acceptors (Lipinski definition) is 6. The minimum absolute atomic E-state index is 0.0171. The Balaban J connectivity index is 2.78. The molecule has 0 bridgehead atoms. The van der Waals surface area contributed by atoms with E-state index in [1.54, 1.807) is 14.0 Å². The van der Waals surface area contributed by atoms with Gasteiger partial charge in [-0.15, -0.1) is 0 Å². The van der Waals surface area contributed by atoms with Gasteiger partial charge in [-0.25, -0.2) is 4.39 Å². The Labute approximate surface area is 121 Å². The maximum atomic E-state index is 13.1. The second-order valence-electron chi connectivity index (χ2n) is 4.54. The number of nitro groups is 1. The van der Waals surface area contributed by atoms with E-state index in [4.69, 9.17) is 4.74 Å². The van der Waals surface area contributed by atoms with Crippen LogP contribution in [-0.4, -0.2) is 37.2 Å². The van der Waals surface area contributed by atoms with Crippen molar-refractivity contribution in [2.75, 3.05) is 20.8 Å². The van der Waals surface area contributed by atoms with Crippen molar-refractivity contribution in [2.24, 2.45) is 0 Å². The molecule has 1 rings (SSSR count). The zero-order chi connectivity index (χ0) is 16.0. The molecule has 0 spiro atoms. The SMILES string of the molecule is CNC(C)(CCOc1cc(F)ccc1[N+](=O)[O-])C(=O)OC. The van der Waals surface area contributed by atoms with Crippen LogP contribution in [0.3, 0.4) is 0 Å². The van der Waals surface area contributed by atoms with Crippen LogP contribution in [0.2, 0.25) is 0 Å². The van der Waals surface area contributed by atoms with E-state index in [0.29, 0.717) is 0 Å². The van der Waals surface area contributed by atoms with Gasteiger partial charge in [0.2, 0.25) is 0 Å². The summed E-state index contributed by atoms with van der Waals surface area (Å²) in [6, 6.07) is 2.95. The predicted octanol–water partition coefficient (Wildman–Crippen LogP) is 1.65. The third kappa shape index (κ3) is 4.12. The van der Waals surface area contributed by atoms with E-state index in [1.807, 2.05) is 0 Å². The fourth-order valence-electron chi connectivity index (χ4n) is 1.67. The molecule has 1 N–H and O–H groups in total. The maximum absolute atomic E-state index is 13.1. The Hall–Kier alpha value is -2.22. The average molecular weight is 300 g/mol. The van der Waals surface area contributed by atoms with Crippen molar-refractivity contribution in [3.63, 3.8) is 0 Å². The topological polar surface area (TPSA) is 90.7 Å². The first-order valence-corrected chi connectivity index (χ1v) is 6.18. The van der Waals surface area contributed by atoms with Gasteiger partial charge < -0.3 is 14.8 Å². The number of hydrogen-bond donors (Lipinski definition) is 1. The van der Waals surface area contributed by atoms with Gasteiger partial charge in [-0.1, -0.05) is 0 Å². The summed E-state index contributed by atoms with van der Waals surface area (Å²) in [4.78, 5) is 21.8. The normalized spacial score (nSPS) is 13.3. The minimum atomic E-state index is -0.989. The molecule has 0 radical (unpaired) electrons. The number of esters is 1. The molecule has 1 aromatic carbocycles. The molecule has 0 aromatic heterocycles. The lowest BCUT2D eigenvalue weighted by molar-refractivity contribution is -0.385. The second-order valence-corrected chi connectivity index (χ2v) is 4.54. The van der Waals surface area contributed by atoms with Crippen LogP contribution < -0.4 is 10.1 Å². The first-order valence-electron chi connectivity index (χ1n) is 6.18. The van der Waals surface area contributed by atoms with Gasteiger partial charge in [0.25, 0.3) is 0 Å². The number of methoxy groups -OCH3 is 1. The van der Waals surface area contributed by atoms with Crippen molar-refractivity contribution in [1.29, 1.82) is 0 Å². The van der Waals surface area contributed by atoms with Crippen LogP contribution in [0.15, 0.2) is 18.2 Å². The molecule has 1 unspecified atom stereocenters. The van der Waals surface area contributed by atoms with Crippen LogP contribution >= 0.6 is 0 Å². The second kappa shape index (κ2) is 6.98. The first-order chi connectivity index (χ1) is 9.84. The molecule has 0 aliphatic rings. The number of nitrogens with one attached hydrogen (secondary N) is 1. The highest BCUT2D eigenvalue weighted by Gasteiger charge is 2.32. The van der Waals surface area contributed by atoms with Crippen LogP contribution in [0.25, 0.3) is 0 Å². The van der Waals surface area contributed by atoms with Crippen molar-refractivity contribution < 1.29 is 23.6 Å². The number of rotatable bonds is 7. The van der Waals surface area contributed by atoms with Crippen LogP contribution in [0.4, 0.5) is 10.1 Å². The molecule has 0 heterocycles. The molecule has 116 valence electrons. The predicted molar refractivity (Wildman–Crippen MR) is 72.6 cm³/mol. The van der Waals surface area contributed by atoms with E-state index >= 15 is 0 Å². The van der Waals surface area contributed by atoms with Crippen molar-refractivity contribution in [3.8, 4) is 5.75 Å². The number of carbonyl (C=O) groups is 1. The molecule has 0 amide bonds. The lowest BCUT2D eigenvalue weighted by atomic mass is 9.99. The lowest BCUT2D eigenvalue weighted by Crippen LogP contribution is -2.49. The molecule has 0 aliphatic carbocycles. The zero-order valence-corrected chi connectivity index (χ0v) is 12.0. The van der Waals surface area contributed by atoms with Gasteiger partial charge >= 0.3 is 11.7 Å². The number of likely N-dealkylation sites (N-methyl/N-ethyl adjacent to an activating group) is 1. The fraction of sp³-hybridized carbons (Fsp3) is 0.462. The van der Waals surface area contributed by atoms with Crippen molar-refractivity contribution in [1.82, 2.24) is 5.32 Å². The van der Waals surface area contributed by atoms with E-state index in [-0.39, 0.29) is 24.5 Å².